The SMILES string of the molecule is Nc1cnc2cc(C(F)(F)F)cc([N+](=O)[O-])c2n1. The molecular weight excluding hydrogens is 253 g/mol. The van der Waals surface area contributed by atoms with Crippen LogP contribution in [0.15, 0.2) is 18.3 Å². The molecule has 1 aromatic carbocycles. The Morgan fingerprint density at radius 1 is 1.33 bits per heavy atom. The Kier molecular flexibility index (Phi) is 2.53. The number of nitro groups is 1. The van der Waals surface area contributed by atoms with Crippen LogP contribution in [0, 0.1) is 10.1 Å². The number of nitro benzene ring substituents is 1. The second-order valence-electron chi connectivity index (χ2n) is 3.41. The van der Waals surface area contributed by atoms with Crippen LogP contribution in [-0.2, 0) is 6.18 Å². The number of nitrogen functional groups attached to an aromatic ring is 1. The predicted octanol–water partition coefficient (Wildman–Crippen LogP) is 2.14. The van der Waals surface area contributed by atoms with Gasteiger partial charge in [0.15, 0.2) is 5.52 Å². The minimum Gasteiger partial charge on any atom is -0.382 e. The highest BCUT2D eigenvalue weighted by molar-refractivity contribution is 5.85. The summed E-state index contributed by atoms with van der Waals surface area (Å²) >= 11 is 0. The summed E-state index contributed by atoms with van der Waals surface area (Å²) in [4.78, 5) is 17.0. The van der Waals surface area contributed by atoms with E-state index < -0.39 is 22.4 Å². The van der Waals surface area contributed by atoms with E-state index >= 15 is 0 Å². The quantitative estimate of drug-likeness (QED) is 0.624. The van der Waals surface area contributed by atoms with Gasteiger partial charge in [-0.15, -0.1) is 0 Å². The van der Waals surface area contributed by atoms with Crippen LogP contribution in [0.2, 0.25) is 0 Å². The van der Waals surface area contributed by atoms with Crippen LogP contribution in [0.4, 0.5) is 24.7 Å². The summed E-state index contributed by atoms with van der Waals surface area (Å²) in [6.07, 6.45) is -3.66. The Bertz CT molecular complexity index is 641. The molecule has 0 saturated heterocycles. The van der Waals surface area contributed by atoms with Gasteiger partial charge in [0.05, 0.1) is 22.2 Å². The molecule has 0 saturated carbocycles. The molecule has 94 valence electrons. The van der Waals surface area contributed by atoms with Crippen LogP contribution in [0.1, 0.15) is 5.56 Å². The van der Waals surface area contributed by atoms with Gasteiger partial charge in [0, 0.05) is 6.07 Å². The molecule has 0 unspecified atom stereocenters. The van der Waals surface area contributed by atoms with Crippen molar-refractivity contribution in [2.45, 2.75) is 6.18 Å². The van der Waals surface area contributed by atoms with Gasteiger partial charge in [-0.1, -0.05) is 0 Å². The zero-order valence-corrected chi connectivity index (χ0v) is 8.60. The molecule has 9 heteroatoms. The van der Waals surface area contributed by atoms with E-state index in [1.807, 2.05) is 0 Å². The van der Waals surface area contributed by atoms with Crippen molar-refractivity contribution in [1.29, 1.82) is 0 Å². The molecule has 0 fully saturated rings. The van der Waals surface area contributed by atoms with E-state index in [4.69, 9.17) is 5.73 Å². The summed E-state index contributed by atoms with van der Waals surface area (Å²) < 4.78 is 37.6. The first-order chi connectivity index (χ1) is 8.29. The molecule has 0 bridgehead atoms. The number of halogens is 3. The Morgan fingerprint density at radius 2 is 2.00 bits per heavy atom. The van der Waals surface area contributed by atoms with Gasteiger partial charge in [0.25, 0.3) is 5.69 Å². The number of alkyl halides is 3. The Morgan fingerprint density at radius 3 is 2.56 bits per heavy atom. The van der Waals surface area contributed by atoms with Gasteiger partial charge in [0.2, 0.25) is 0 Å². The molecule has 0 aliphatic rings. The molecule has 0 amide bonds. The maximum Gasteiger partial charge on any atom is 0.416 e. The van der Waals surface area contributed by atoms with Gasteiger partial charge in [-0.3, -0.25) is 15.1 Å². The van der Waals surface area contributed by atoms with Crippen molar-refractivity contribution in [3.63, 3.8) is 0 Å². The van der Waals surface area contributed by atoms with Gasteiger partial charge in [-0.2, -0.15) is 13.2 Å². The van der Waals surface area contributed by atoms with E-state index in [9.17, 15) is 23.3 Å². The van der Waals surface area contributed by atoms with E-state index in [0.717, 1.165) is 6.20 Å². The fraction of sp³-hybridized carbons (Fsp3) is 0.111. The lowest BCUT2D eigenvalue weighted by Crippen LogP contribution is -2.07. The van der Waals surface area contributed by atoms with Crippen molar-refractivity contribution >= 4 is 22.5 Å². The third kappa shape index (κ3) is 2.01. The summed E-state index contributed by atoms with van der Waals surface area (Å²) in [5, 5.41) is 10.7. The van der Waals surface area contributed by atoms with E-state index in [0.29, 0.717) is 12.1 Å². The molecule has 1 heterocycles. The Balaban J connectivity index is 2.83. The summed E-state index contributed by atoms with van der Waals surface area (Å²) in [6.45, 7) is 0. The van der Waals surface area contributed by atoms with Crippen LogP contribution in [0.5, 0.6) is 0 Å². The first-order valence-corrected chi connectivity index (χ1v) is 4.57. The number of fused-ring (bicyclic) bond motifs is 1. The highest BCUT2D eigenvalue weighted by Gasteiger charge is 2.33. The van der Waals surface area contributed by atoms with E-state index in [1.54, 1.807) is 0 Å². The minimum atomic E-state index is -4.69. The molecule has 0 aliphatic carbocycles. The van der Waals surface area contributed by atoms with E-state index in [2.05, 4.69) is 9.97 Å². The lowest BCUT2D eigenvalue weighted by atomic mass is 10.1. The van der Waals surface area contributed by atoms with Crippen molar-refractivity contribution in [3.05, 3.63) is 34.0 Å². The zero-order valence-electron chi connectivity index (χ0n) is 8.60. The van der Waals surface area contributed by atoms with Gasteiger partial charge in [0.1, 0.15) is 5.82 Å². The largest absolute Gasteiger partial charge is 0.416 e. The second-order valence-corrected chi connectivity index (χ2v) is 3.41. The molecule has 6 nitrogen and oxygen atoms in total. The number of anilines is 1. The van der Waals surface area contributed by atoms with Gasteiger partial charge >= 0.3 is 6.18 Å². The van der Waals surface area contributed by atoms with Crippen LogP contribution in [0.25, 0.3) is 11.0 Å². The lowest BCUT2D eigenvalue weighted by Gasteiger charge is -2.07. The Hall–Kier alpha value is -2.45. The molecule has 2 N–H and O–H groups in total. The molecule has 0 aliphatic heterocycles. The van der Waals surface area contributed by atoms with Crippen LogP contribution < -0.4 is 5.73 Å². The zero-order chi connectivity index (χ0) is 13.5. The van der Waals surface area contributed by atoms with Crippen LogP contribution in [-0.4, -0.2) is 14.9 Å². The molecule has 0 radical (unpaired) electrons. The standard InChI is InChI=1S/C9H5F3N4O2/c10-9(11,12)4-1-5-8(6(2-4)16(17)18)15-7(13)3-14-5/h1-3H,(H2,13,15). The number of hydrogen-bond donors (Lipinski definition) is 1. The average Bonchev–Trinajstić information content (AvgIpc) is 2.25. The van der Waals surface area contributed by atoms with E-state index in [-0.39, 0.29) is 16.9 Å². The molecule has 2 aromatic rings. The maximum absolute atomic E-state index is 12.5. The first kappa shape index (κ1) is 12.0. The van der Waals surface area contributed by atoms with Gasteiger partial charge < -0.3 is 5.73 Å². The van der Waals surface area contributed by atoms with Gasteiger partial charge in [-0.05, 0) is 6.07 Å². The van der Waals surface area contributed by atoms with Crippen LogP contribution >= 0.6 is 0 Å². The number of nitrogens with zero attached hydrogens (tertiary/aromatic N) is 3. The fourth-order valence-corrected chi connectivity index (χ4v) is 1.41. The summed E-state index contributed by atoms with van der Waals surface area (Å²) in [5.41, 5.74) is 2.87. The number of aromatic nitrogens is 2. The average molecular weight is 258 g/mol. The lowest BCUT2D eigenvalue weighted by molar-refractivity contribution is -0.383. The van der Waals surface area contributed by atoms with E-state index in [1.165, 1.54) is 0 Å². The van der Waals surface area contributed by atoms with Crippen molar-refractivity contribution < 1.29 is 18.1 Å². The molecular formula is C9H5F3N4O2. The topological polar surface area (TPSA) is 94.9 Å². The van der Waals surface area contributed by atoms with Gasteiger partial charge in [-0.25, -0.2) is 4.98 Å². The smallest absolute Gasteiger partial charge is 0.382 e. The van der Waals surface area contributed by atoms with Crippen molar-refractivity contribution in [3.8, 4) is 0 Å². The minimum absolute atomic E-state index is 0.106. The molecule has 1 aromatic heterocycles. The second kappa shape index (κ2) is 3.79. The predicted molar refractivity (Wildman–Crippen MR) is 55.6 cm³/mol. The van der Waals surface area contributed by atoms with Crippen molar-refractivity contribution in [2.75, 3.05) is 5.73 Å². The first-order valence-electron chi connectivity index (χ1n) is 4.57. The third-order valence-corrected chi connectivity index (χ3v) is 2.17. The number of hydrogen-bond acceptors (Lipinski definition) is 5. The number of benzene rings is 1. The summed E-state index contributed by atoms with van der Waals surface area (Å²) in [6, 6.07) is 1.10. The molecule has 0 atom stereocenters. The molecule has 18 heavy (non-hydrogen) atoms. The van der Waals surface area contributed by atoms with Crippen molar-refractivity contribution in [1.82, 2.24) is 9.97 Å². The fourth-order valence-electron chi connectivity index (χ4n) is 1.41. The molecule has 0 spiro atoms. The highest BCUT2D eigenvalue weighted by atomic mass is 19.4. The normalized spacial score (nSPS) is 11.7. The highest BCUT2D eigenvalue weighted by Crippen LogP contribution is 2.35. The summed E-state index contributed by atoms with van der Waals surface area (Å²) in [5.74, 6) is -0.106. The summed E-state index contributed by atoms with van der Waals surface area (Å²) in [7, 11) is 0. The van der Waals surface area contributed by atoms with Crippen molar-refractivity contribution in [2.24, 2.45) is 0 Å². The van der Waals surface area contributed by atoms with Crippen LogP contribution in [0.3, 0.4) is 0 Å². The molecule has 2 rings (SSSR count). The maximum atomic E-state index is 12.5. The monoisotopic (exact) mass is 258 g/mol. The Labute approximate surface area is 97.4 Å². The number of rotatable bonds is 1. The number of non-ortho nitro benzene ring substituents is 1. The third-order valence-electron chi connectivity index (χ3n) is 2.17. The number of nitrogens with two attached hydrogens (primary N) is 1.